The van der Waals surface area contributed by atoms with Gasteiger partial charge in [0.1, 0.15) is 0 Å². The molecule has 4 bridgehead atoms. The highest BCUT2D eigenvalue weighted by Gasteiger charge is 2.47. The van der Waals surface area contributed by atoms with E-state index in [0.717, 1.165) is 29.4 Å². The standard InChI is InChI=1S/C19H25NS/c1-2-21-18-6-4-3-5-15(18)12-20-19-16-8-13-7-14(10-16)11-17(19)9-13/h3-6,12-14,16-17,19H,2,7-11H2,1H3. The molecule has 0 aromatic heterocycles. The van der Waals surface area contributed by atoms with Gasteiger partial charge in [0, 0.05) is 16.7 Å². The lowest BCUT2D eigenvalue weighted by Gasteiger charge is -2.53. The summed E-state index contributed by atoms with van der Waals surface area (Å²) in [7, 11) is 0. The normalized spacial score (nSPS) is 37.5. The van der Waals surface area contributed by atoms with Gasteiger partial charge in [-0.3, -0.25) is 4.99 Å². The number of nitrogens with zero attached hydrogens (tertiary/aromatic N) is 1. The van der Waals surface area contributed by atoms with E-state index < -0.39 is 0 Å². The maximum atomic E-state index is 5.10. The van der Waals surface area contributed by atoms with E-state index in [4.69, 9.17) is 4.99 Å². The van der Waals surface area contributed by atoms with Crippen LogP contribution in [0.4, 0.5) is 0 Å². The van der Waals surface area contributed by atoms with Gasteiger partial charge >= 0.3 is 0 Å². The Bertz CT molecular complexity index is 508. The van der Waals surface area contributed by atoms with Crippen molar-refractivity contribution < 1.29 is 0 Å². The van der Waals surface area contributed by atoms with E-state index >= 15 is 0 Å². The highest BCUT2D eigenvalue weighted by Crippen LogP contribution is 2.54. The van der Waals surface area contributed by atoms with Crippen LogP contribution >= 0.6 is 11.8 Å². The fraction of sp³-hybridized carbons (Fsp3) is 0.632. The van der Waals surface area contributed by atoms with Crippen molar-refractivity contribution in [3.05, 3.63) is 29.8 Å². The van der Waals surface area contributed by atoms with Crippen LogP contribution in [-0.2, 0) is 0 Å². The van der Waals surface area contributed by atoms with Gasteiger partial charge in [0.15, 0.2) is 0 Å². The molecule has 1 nitrogen and oxygen atoms in total. The Morgan fingerprint density at radius 3 is 2.38 bits per heavy atom. The van der Waals surface area contributed by atoms with E-state index in [0.29, 0.717) is 6.04 Å². The highest BCUT2D eigenvalue weighted by atomic mass is 32.2. The maximum Gasteiger partial charge on any atom is 0.0556 e. The first kappa shape index (κ1) is 13.9. The topological polar surface area (TPSA) is 12.4 Å². The van der Waals surface area contributed by atoms with E-state index in [1.165, 1.54) is 42.6 Å². The van der Waals surface area contributed by atoms with Gasteiger partial charge in [0.25, 0.3) is 0 Å². The van der Waals surface area contributed by atoms with E-state index in [1.807, 2.05) is 11.8 Å². The van der Waals surface area contributed by atoms with Crippen molar-refractivity contribution in [2.24, 2.45) is 28.7 Å². The summed E-state index contributed by atoms with van der Waals surface area (Å²) in [5.41, 5.74) is 1.32. The maximum absolute atomic E-state index is 5.10. The molecule has 0 N–H and O–H groups in total. The molecule has 1 aromatic rings. The largest absolute Gasteiger partial charge is 0.289 e. The second kappa shape index (κ2) is 5.79. The van der Waals surface area contributed by atoms with Crippen LogP contribution in [-0.4, -0.2) is 18.0 Å². The molecule has 112 valence electrons. The van der Waals surface area contributed by atoms with Crippen molar-refractivity contribution in [1.82, 2.24) is 0 Å². The number of thioether (sulfide) groups is 1. The van der Waals surface area contributed by atoms with Crippen LogP contribution in [0.3, 0.4) is 0 Å². The molecule has 1 aromatic carbocycles. The zero-order valence-electron chi connectivity index (χ0n) is 12.9. The number of aliphatic imine (C=N–C) groups is 1. The first-order valence-corrected chi connectivity index (χ1v) is 9.57. The van der Waals surface area contributed by atoms with Crippen molar-refractivity contribution in [2.45, 2.75) is 50.0 Å². The van der Waals surface area contributed by atoms with Gasteiger partial charge in [-0.25, -0.2) is 0 Å². The fourth-order valence-corrected chi connectivity index (χ4v) is 5.95. The molecule has 0 atom stereocenters. The summed E-state index contributed by atoms with van der Waals surface area (Å²) in [6, 6.07) is 9.35. The Morgan fingerprint density at radius 2 is 1.71 bits per heavy atom. The SMILES string of the molecule is CCSc1ccccc1C=NC1C2CC3CC(C2)CC1C3. The number of rotatable bonds is 4. The van der Waals surface area contributed by atoms with Crippen molar-refractivity contribution in [3.8, 4) is 0 Å². The number of hydrogen-bond acceptors (Lipinski definition) is 2. The summed E-state index contributed by atoms with van der Waals surface area (Å²) in [4.78, 5) is 6.48. The van der Waals surface area contributed by atoms with Gasteiger partial charge in [0.05, 0.1) is 6.04 Å². The number of hydrogen-bond donors (Lipinski definition) is 0. The zero-order chi connectivity index (χ0) is 14.2. The van der Waals surface area contributed by atoms with Crippen LogP contribution in [0.15, 0.2) is 34.2 Å². The molecule has 0 radical (unpaired) electrons. The van der Waals surface area contributed by atoms with Gasteiger partial charge in [-0.05, 0) is 67.6 Å². The van der Waals surface area contributed by atoms with Gasteiger partial charge in [0.2, 0.25) is 0 Å². The van der Waals surface area contributed by atoms with Crippen molar-refractivity contribution in [3.63, 3.8) is 0 Å². The fourth-order valence-electron chi connectivity index (χ4n) is 5.18. The molecule has 0 unspecified atom stereocenters. The molecule has 4 aliphatic carbocycles. The molecule has 5 rings (SSSR count). The lowest BCUT2D eigenvalue weighted by Crippen LogP contribution is -2.47. The average molecular weight is 299 g/mol. The second-order valence-electron chi connectivity index (χ2n) is 7.17. The molecular formula is C19H25NS. The Hall–Kier alpha value is -0.760. The van der Waals surface area contributed by atoms with Crippen LogP contribution in [0, 0.1) is 23.7 Å². The minimum Gasteiger partial charge on any atom is -0.289 e. The van der Waals surface area contributed by atoms with Crippen molar-refractivity contribution >= 4 is 18.0 Å². The molecule has 0 amide bonds. The quantitative estimate of drug-likeness (QED) is 0.560. The lowest BCUT2D eigenvalue weighted by molar-refractivity contribution is 0.00146. The Kier molecular flexibility index (Phi) is 3.83. The second-order valence-corrected chi connectivity index (χ2v) is 8.48. The molecule has 4 fully saturated rings. The van der Waals surface area contributed by atoms with Crippen LogP contribution in [0.5, 0.6) is 0 Å². The summed E-state index contributed by atoms with van der Waals surface area (Å²) >= 11 is 1.93. The molecule has 4 aliphatic rings. The molecule has 0 aliphatic heterocycles. The van der Waals surface area contributed by atoms with Gasteiger partial charge < -0.3 is 0 Å². The average Bonchev–Trinajstić information content (AvgIpc) is 2.47. The van der Waals surface area contributed by atoms with Gasteiger partial charge in [-0.15, -0.1) is 11.8 Å². The predicted molar refractivity (Wildman–Crippen MR) is 91.3 cm³/mol. The highest BCUT2D eigenvalue weighted by molar-refractivity contribution is 7.99. The third-order valence-electron chi connectivity index (χ3n) is 5.78. The van der Waals surface area contributed by atoms with E-state index in [2.05, 4.69) is 37.4 Å². The smallest absolute Gasteiger partial charge is 0.0556 e. The monoisotopic (exact) mass is 299 g/mol. The van der Waals surface area contributed by atoms with E-state index in [-0.39, 0.29) is 0 Å². The summed E-state index contributed by atoms with van der Waals surface area (Å²) in [6.45, 7) is 2.22. The molecule has 0 spiro atoms. The minimum atomic E-state index is 0.623. The molecule has 2 heteroatoms. The lowest BCUT2D eigenvalue weighted by atomic mass is 9.54. The van der Waals surface area contributed by atoms with Gasteiger partial charge in [-0.2, -0.15) is 0 Å². The van der Waals surface area contributed by atoms with Crippen LogP contribution in [0.25, 0.3) is 0 Å². The summed E-state index contributed by atoms with van der Waals surface area (Å²) < 4.78 is 0. The molecule has 21 heavy (non-hydrogen) atoms. The summed E-state index contributed by atoms with van der Waals surface area (Å²) in [6.07, 6.45) is 9.55. The molecule has 0 heterocycles. The third kappa shape index (κ3) is 2.67. The Morgan fingerprint density at radius 1 is 1.05 bits per heavy atom. The van der Waals surface area contributed by atoms with E-state index in [9.17, 15) is 0 Å². The summed E-state index contributed by atoms with van der Waals surface area (Å²) in [5, 5.41) is 0. The van der Waals surface area contributed by atoms with Crippen LogP contribution < -0.4 is 0 Å². The Balaban J connectivity index is 1.53. The van der Waals surface area contributed by atoms with Crippen LogP contribution in [0.2, 0.25) is 0 Å². The van der Waals surface area contributed by atoms with Crippen molar-refractivity contribution in [1.29, 1.82) is 0 Å². The molecule has 0 saturated heterocycles. The van der Waals surface area contributed by atoms with Crippen molar-refractivity contribution in [2.75, 3.05) is 5.75 Å². The zero-order valence-corrected chi connectivity index (χ0v) is 13.7. The molecule has 4 saturated carbocycles. The van der Waals surface area contributed by atoms with E-state index in [1.54, 1.807) is 0 Å². The first-order chi connectivity index (χ1) is 10.3. The van der Waals surface area contributed by atoms with Gasteiger partial charge in [-0.1, -0.05) is 25.1 Å². The van der Waals surface area contributed by atoms with Crippen LogP contribution in [0.1, 0.15) is 44.6 Å². The predicted octanol–water partition coefficient (Wildman–Crippen LogP) is 5.04. The molecular weight excluding hydrogens is 274 g/mol. The minimum absolute atomic E-state index is 0.623. The Labute approximate surface area is 132 Å². The number of benzene rings is 1. The third-order valence-corrected chi connectivity index (χ3v) is 6.75. The summed E-state index contributed by atoms with van der Waals surface area (Å²) in [5.74, 6) is 5.00. The first-order valence-electron chi connectivity index (χ1n) is 8.58.